The van der Waals surface area contributed by atoms with E-state index in [-0.39, 0.29) is 0 Å². The standard InChI is InChI=1S/C8H10BrN5S/c1-2-6-11-12-7(15-6)4-14-3-5(9)8(10)13-14/h3H,2,4H2,1H3,(H2,10,13). The maximum Gasteiger partial charge on any atom is 0.159 e. The van der Waals surface area contributed by atoms with Gasteiger partial charge in [-0.25, -0.2) is 0 Å². The third-order valence-corrected chi connectivity index (χ3v) is 3.51. The van der Waals surface area contributed by atoms with Gasteiger partial charge in [-0.3, -0.25) is 4.68 Å². The van der Waals surface area contributed by atoms with Gasteiger partial charge in [-0.1, -0.05) is 18.3 Å². The van der Waals surface area contributed by atoms with Crippen molar-refractivity contribution < 1.29 is 0 Å². The van der Waals surface area contributed by atoms with Gasteiger partial charge in [0.2, 0.25) is 0 Å². The Bertz CT molecular complexity index is 444. The van der Waals surface area contributed by atoms with E-state index in [1.165, 1.54) is 0 Å². The average molecular weight is 288 g/mol. The van der Waals surface area contributed by atoms with E-state index in [0.717, 1.165) is 20.9 Å². The van der Waals surface area contributed by atoms with Crippen molar-refractivity contribution in [2.75, 3.05) is 5.73 Å². The molecule has 0 aromatic carbocycles. The van der Waals surface area contributed by atoms with Gasteiger partial charge < -0.3 is 5.73 Å². The normalized spacial score (nSPS) is 10.8. The minimum absolute atomic E-state index is 0.496. The molecule has 2 heterocycles. The number of rotatable bonds is 3. The summed E-state index contributed by atoms with van der Waals surface area (Å²) in [7, 11) is 0. The molecule has 2 aromatic rings. The van der Waals surface area contributed by atoms with Crippen LogP contribution in [0.5, 0.6) is 0 Å². The Morgan fingerprint density at radius 2 is 2.20 bits per heavy atom. The van der Waals surface area contributed by atoms with E-state index in [1.807, 2.05) is 6.20 Å². The SMILES string of the molecule is CCc1nnc(Cn2cc(Br)c(N)n2)s1. The first-order valence-corrected chi connectivity index (χ1v) is 6.09. The van der Waals surface area contributed by atoms with Crippen LogP contribution in [0.2, 0.25) is 0 Å². The molecule has 15 heavy (non-hydrogen) atoms. The molecule has 5 nitrogen and oxygen atoms in total. The lowest BCUT2D eigenvalue weighted by molar-refractivity contribution is 0.679. The second-order valence-electron chi connectivity index (χ2n) is 3.00. The molecule has 0 fully saturated rings. The Labute approximate surface area is 99.4 Å². The fourth-order valence-electron chi connectivity index (χ4n) is 1.13. The van der Waals surface area contributed by atoms with Crippen LogP contribution in [0, 0.1) is 0 Å². The number of anilines is 1. The van der Waals surface area contributed by atoms with Crippen LogP contribution in [0.25, 0.3) is 0 Å². The van der Waals surface area contributed by atoms with Gasteiger partial charge >= 0.3 is 0 Å². The van der Waals surface area contributed by atoms with Crippen LogP contribution in [0.1, 0.15) is 16.9 Å². The Kier molecular flexibility index (Phi) is 3.01. The summed E-state index contributed by atoms with van der Waals surface area (Å²) in [5.41, 5.74) is 5.61. The van der Waals surface area contributed by atoms with Crippen LogP contribution in [0.15, 0.2) is 10.7 Å². The van der Waals surface area contributed by atoms with Gasteiger partial charge in [-0.2, -0.15) is 5.10 Å². The van der Waals surface area contributed by atoms with Crippen molar-refractivity contribution in [1.82, 2.24) is 20.0 Å². The summed E-state index contributed by atoms with van der Waals surface area (Å²) >= 11 is 4.91. The highest BCUT2D eigenvalue weighted by atomic mass is 79.9. The maximum absolute atomic E-state index is 5.61. The lowest BCUT2D eigenvalue weighted by atomic mass is 10.5. The topological polar surface area (TPSA) is 69.6 Å². The van der Waals surface area contributed by atoms with Crippen LogP contribution >= 0.6 is 27.3 Å². The summed E-state index contributed by atoms with van der Waals surface area (Å²) in [5, 5.41) is 14.2. The molecule has 2 aromatic heterocycles. The molecule has 0 radical (unpaired) electrons. The van der Waals surface area contributed by atoms with Gasteiger partial charge in [0.1, 0.15) is 10.0 Å². The van der Waals surface area contributed by atoms with Crippen molar-refractivity contribution in [3.63, 3.8) is 0 Å². The zero-order chi connectivity index (χ0) is 10.8. The highest BCUT2D eigenvalue weighted by molar-refractivity contribution is 9.10. The highest BCUT2D eigenvalue weighted by Crippen LogP contribution is 2.18. The lowest BCUT2D eigenvalue weighted by Gasteiger charge is -1.94. The summed E-state index contributed by atoms with van der Waals surface area (Å²) < 4.78 is 2.56. The summed E-state index contributed by atoms with van der Waals surface area (Å²) in [5.74, 6) is 0.496. The molecule has 0 aliphatic carbocycles. The van der Waals surface area contributed by atoms with Gasteiger partial charge in [0.25, 0.3) is 0 Å². The zero-order valence-corrected chi connectivity index (χ0v) is 10.5. The van der Waals surface area contributed by atoms with Crippen molar-refractivity contribution in [2.24, 2.45) is 0 Å². The molecule has 0 amide bonds. The van der Waals surface area contributed by atoms with E-state index < -0.39 is 0 Å². The summed E-state index contributed by atoms with van der Waals surface area (Å²) in [6, 6.07) is 0. The number of nitrogens with zero attached hydrogens (tertiary/aromatic N) is 4. The van der Waals surface area contributed by atoms with Crippen molar-refractivity contribution >= 4 is 33.1 Å². The quantitative estimate of drug-likeness (QED) is 0.933. The molecule has 0 saturated carbocycles. The maximum atomic E-state index is 5.61. The molecular weight excluding hydrogens is 278 g/mol. The Morgan fingerprint density at radius 3 is 2.73 bits per heavy atom. The second kappa shape index (κ2) is 4.28. The molecule has 0 aliphatic rings. The van der Waals surface area contributed by atoms with Crippen LogP contribution in [-0.4, -0.2) is 20.0 Å². The number of hydrogen-bond donors (Lipinski definition) is 1. The lowest BCUT2D eigenvalue weighted by Crippen LogP contribution is -2.00. The monoisotopic (exact) mass is 287 g/mol. The van der Waals surface area contributed by atoms with Gasteiger partial charge in [0.05, 0.1) is 11.0 Å². The molecule has 7 heteroatoms. The molecule has 0 saturated heterocycles. The van der Waals surface area contributed by atoms with Gasteiger partial charge in [-0.05, 0) is 22.4 Å². The third-order valence-electron chi connectivity index (χ3n) is 1.85. The first kappa shape index (κ1) is 10.6. The average Bonchev–Trinajstić information content (AvgIpc) is 2.76. The molecule has 0 unspecified atom stereocenters. The van der Waals surface area contributed by atoms with Gasteiger partial charge in [0, 0.05) is 6.20 Å². The molecule has 0 spiro atoms. The van der Waals surface area contributed by atoms with E-state index in [0.29, 0.717) is 12.4 Å². The fraction of sp³-hybridized carbons (Fsp3) is 0.375. The third kappa shape index (κ3) is 2.35. The van der Waals surface area contributed by atoms with Crippen molar-refractivity contribution in [3.8, 4) is 0 Å². The predicted octanol–water partition coefficient (Wildman–Crippen LogP) is 1.69. The Balaban J connectivity index is 2.14. The van der Waals surface area contributed by atoms with Crippen molar-refractivity contribution in [3.05, 3.63) is 20.7 Å². The van der Waals surface area contributed by atoms with E-state index in [9.17, 15) is 0 Å². The van der Waals surface area contributed by atoms with Crippen LogP contribution in [0.4, 0.5) is 5.82 Å². The fourth-order valence-corrected chi connectivity index (χ4v) is 2.22. The molecule has 80 valence electrons. The number of aromatic nitrogens is 4. The molecule has 2 N–H and O–H groups in total. The van der Waals surface area contributed by atoms with Gasteiger partial charge in [0.15, 0.2) is 5.82 Å². The number of nitrogen functional groups attached to an aromatic ring is 1. The number of halogens is 1. The largest absolute Gasteiger partial charge is 0.381 e. The van der Waals surface area contributed by atoms with E-state index in [4.69, 9.17) is 5.73 Å². The minimum Gasteiger partial charge on any atom is -0.381 e. The molecule has 2 rings (SSSR count). The summed E-state index contributed by atoms with van der Waals surface area (Å²) in [4.78, 5) is 0. The summed E-state index contributed by atoms with van der Waals surface area (Å²) in [6.45, 7) is 2.68. The minimum atomic E-state index is 0.496. The number of nitrogens with two attached hydrogens (primary N) is 1. The van der Waals surface area contributed by atoms with E-state index >= 15 is 0 Å². The van der Waals surface area contributed by atoms with E-state index in [1.54, 1.807) is 16.0 Å². The Hall–Kier alpha value is -0.950. The molecule has 0 aliphatic heterocycles. The predicted molar refractivity (Wildman–Crippen MR) is 62.7 cm³/mol. The smallest absolute Gasteiger partial charge is 0.159 e. The van der Waals surface area contributed by atoms with Crippen LogP contribution < -0.4 is 5.73 Å². The second-order valence-corrected chi connectivity index (χ2v) is 5.00. The van der Waals surface area contributed by atoms with Crippen LogP contribution in [0.3, 0.4) is 0 Å². The van der Waals surface area contributed by atoms with Crippen molar-refractivity contribution in [2.45, 2.75) is 19.9 Å². The first-order chi connectivity index (χ1) is 7.19. The molecule has 0 atom stereocenters. The van der Waals surface area contributed by atoms with E-state index in [2.05, 4.69) is 38.1 Å². The zero-order valence-electron chi connectivity index (χ0n) is 8.14. The van der Waals surface area contributed by atoms with Crippen LogP contribution in [-0.2, 0) is 13.0 Å². The molecule has 0 bridgehead atoms. The number of hydrogen-bond acceptors (Lipinski definition) is 5. The van der Waals surface area contributed by atoms with Gasteiger partial charge in [-0.15, -0.1) is 10.2 Å². The Morgan fingerprint density at radius 1 is 1.47 bits per heavy atom. The first-order valence-electron chi connectivity index (χ1n) is 4.48. The molecular formula is C8H10BrN5S. The highest BCUT2D eigenvalue weighted by Gasteiger charge is 2.06. The summed E-state index contributed by atoms with van der Waals surface area (Å²) in [6.07, 6.45) is 2.75. The number of aryl methyl sites for hydroxylation is 1. The van der Waals surface area contributed by atoms with Crippen molar-refractivity contribution in [1.29, 1.82) is 0 Å².